The Kier molecular flexibility index (Phi) is 7.58. The van der Waals surface area contributed by atoms with E-state index in [1.54, 1.807) is 18.2 Å². The number of aryl methyl sites for hydroxylation is 1. The van der Waals surface area contributed by atoms with Gasteiger partial charge in [0.05, 0.1) is 6.54 Å². The van der Waals surface area contributed by atoms with E-state index in [1.165, 1.54) is 22.4 Å². The lowest BCUT2D eigenvalue weighted by molar-refractivity contribution is 0.0938. The smallest absolute Gasteiger partial charge is 0.329 e. The van der Waals surface area contributed by atoms with Crippen molar-refractivity contribution in [3.05, 3.63) is 91.5 Å². The molecule has 4 aromatic rings. The van der Waals surface area contributed by atoms with E-state index in [-0.39, 0.29) is 30.3 Å². The molecule has 0 unspecified atom stereocenters. The fourth-order valence-corrected chi connectivity index (χ4v) is 3.61. The van der Waals surface area contributed by atoms with Gasteiger partial charge in [0.2, 0.25) is 5.95 Å². The van der Waals surface area contributed by atoms with Crippen LogP contribution in [0, 0.1) is 0 Å². The van der Waals surface area contributed by atoms with Crippen molar-refractivity contribution in [2.24, 2.45) is 12.1 Å². The second-order valence-corrected chi connectivity index (χ2v) is 8.53. The molecular formula is C24H23BrN6O4. The van der Waals surface area contributed by atoms with Crippen LogP contribution in [0.1, 0.15) is 5.56 Å². The van der Waals surface area contributed by atoms with Crippen molar-refractivity contribution in [1.29, 1.82) is 0 Å². The molecular weight excluding hydrogens is 516 g/mol. The van der Waals surface area contributed by atoms with Gasteiger partial charge in [0, 0.05) is 17.7 Å². The average molecular weight is 539 g/mol. The molecule has 0 saturated heterocycles. The van der Waals surface area contributed by atoms with Crippen LogP contribution in [-0.2, 0) is 13.6 Å². The molecule has 2 aromatic carbocycles. The zero-order valence-electron chi connectivity index (χ0n) is 18.8. The van der Waals surface area contributed by atoms with Gasteiger partial charge in [-0.3, -0.25) is 14.3 Å². The number of H-pyrrole nitrogens is 1. The van der Waals surface area contributed by atoms with Crippen LogP contribution in [0.4, 0.5) is 5.95 Å². The number of aromatic nitrogens is 4. The molecule has 0 aliphatic heterocycles. The SMILES string of the molecule is Cn1c(=O)[nH]c(=O)c2c1nc(NN=C/C=C/c1ccccc1)n2C[C@H](O)COc1ccc(Br)cc1. The number of aliphatic hydroxyl groups excluding tert-OH is 1. The topological polar surface area (TPSA) is 127 Å². The number of nitrogens with one attached hydrogen (secondary N) is 2. The standard InChI is InChI=1S/C24H23BrN6O4/c1-30-21-20(22(33)28-24(30)34)31(14-18(32)15-35-19-11-9-17(25)10-12-19)23(27-21)29-26-13-5-8-16-6-3-2-4-7-16/h2-13,18,32H,14-15H2,1H3,(H,27,29)(H,28,33,34)/b8-5+,26-13?/t18-/m0/s1. The fraction of sp³-hybridized carbons (Fsp3) is 0.167. The molecule has 0 saturated carbocycles. The lowest BCUT2D eigenvalue weighted by atomic mass is 10.2. The van der Waals surface area contributed by atoms with E-state index in [0.717, 1.165) is 10.0 Å². The number of hydrazone groups is 1. The molecule has 0 bridgehead atoms. The van der Waals surface area contributed by atoms with Gasteiger partial charge in [0.1, 0.15) is 18.5 Å². The van der Waals surface area contributed by atoms with Crippen molar-refractivity contribution in [3.8, 4) is 5.75 Å². The Bertz CT molecular complexity index is 1470. The zero-order chi connectivity index (χ0) is 24.8. The van der Waals surface area contributed by atoms with E-state index in [9.17, 15) is 14.7 Å². The third-order valence-corrected chi connectivity index (χ3v) is 5.60. The molecule has 10 nitrogen and oxygen atoms in total. The molecule has 1 atom stereocenters. The number of hydrogen-bond donors (Lipinski definition) is 3. The number of allylic oxidation sites excluding steroid dienone is 1. The summed E-state index contributed by atoms with van der Waals surface area (Å²) in [5, 5.41) is 14.8. The maximum absolute atomic E-state index is 12.6. The summed E-state index contributed by atoms with van der Waals surface area (Å²) in [5.41, 5.74) is 2.90. The van der Waals surface area contributed by atoms with Crippen molar-refractivity contribution in [1.82, 2.24) is 19.1 Å². The Labute approximate surface area is 208 Å². The van der Waals surface area contributed by atoms with E-state index in [4.69, 9.17) is 4.74 Å². The van der Waals surface area contributed by atoms with Crippen molar-refractivity contribution in [2.75, 3.05) is 12.0 Å². The van der Waals surface area contributed by atoms with Gasteiger partial charge in [-0.05, 0) is 35.9 Å². The van der Waals surface area contributed by atoms with E-state index in [0.29, 0.717) is 5.75 Å². The summed E-state index contributed by atoms with van der Waals surface area (Å²) >= 11 is 3.36. The Morgan fingerprint density at radius 1 is 1.20 bits per heavy atom. The molecule has 0 aliphatic carbocycles. The zero-order valence-corrected chi connectivity index (χ0v) is 20.3. The summed E-state index contributed by atoms with van der Waals surface area (Å²) < 4.78 is 9.26. The molecule has 35 heavy (non-hydrogen) atoms. The summed E-state index contributed by atoms with van der Waals surface area (Å²) in [6, 6.07) is 16.9. The van der Waals surface area contributed by atoms with Gasteiger partial charge >= 0.3 is 5.69 Å². The lowest BCUT2D eigenvalue weighted by Gasteiger charge is -2.15. The second-order valence-electron chi connectivity index (χ2n) is 7.62. The van der Waals surface area contributed by atoms with Crippen LogP contribution in [0.3, 0.4) is 0 Å². The number of benzene rings is 2. The minimum absolute atomic E-state index is 0.0203. The first-order valence-electron chi connectivity index (χ1n) is 10.7. The first-order chi connectivity index (χ1) is 16.9. The van der Waals surface area contributed by atoms with Gasteiger partial charge in [0.15, 0.2) is 11.2 Å². The van der Waals surface area contributed by atoms with Crippen LogP contribution >= 0.6 is 15.9 Å². The number of nitrogens with zero attached hydrogens (tertiary/aromatic N) is 4. The number of rotatable bonds is 9. The molecule has 0 fully saturated rings. The maximum atomic E-state index is 12.6. The Balaban J connectivity index is 1.55. The van der Waals surface area contributed by atoms with Crippen LogP contribution in [-0.4, -0.2) is 43.1 Å². The number of hydrogen-bond acceptors (Lipinski definition) is 7. The summed E-state index contributed by atoms with van der Waals surface area (Å²) in [6.07, 6.45) is 4.19. The Hall–Kier alpha value is -3.96. The highest BCUT2D eigenvalue weighted by molar-refractivity contribution is 9.10. The van der Waals surface area contributed by atoms with E-state index in [1.807, 2.05) is 48.5 Å². The number of anilines is 1. The quantitative estimate of drug-likeness (QED) is 0.222. The largest absolute Gasteiger partial charge is 0.491 e. The molecule has 11 heteroatoms. The Morgan fingerprint density at radius 3 is 2.69 bits per heavy atom. The number of ether oxygens (including phenoxy) is 1. The predicted molar refractivity (Wildman–Crippen MR) is 139 cm³/mol. The highest BCUT2D eigenvalue weighted by Crippen LogP contribution is 2.18. The molecule has 2 aromatic heterocycles. The maximum Gasteiger partial charge on any atom is 0.329 e. The summed E-state index contributed by atoms with van der Waals surface area (Å²) in [5.74, 6) is 0.787. The molecule has 3 N–H and O–H groups in total. The minimum Gasteiger partial charge on any atom is -0.491 e. The van der Waals surface area contributed by atoms with Gasteiger partial charge in [-0.1, -0.05) is 52.3 Å². The van der Waals surface area contributed by atoms with Gasteiger partial charge in [-0.15, -0.1) is 0 Å². The highest BCUT2D eigenvalue weighted by Gasteiger charge is 2.19. The van der Waals surface area contributed by atoms with Crippen molar-refractivity contribution < 1.29 is 9.84 Å². The molecule has 0 aliphatic rings. The van der Waals surface area contributed by atoms with E-state index in [2.05, 4.69) is 36.4 Å². The van der Waals surface area contributed by atoms with Gasteiger partial charge in [-0.2, -0.15) is 10.1 Å². The third kappa shape index (κ3) is 5.94. The van der Waals surface area contributed by atoms with Crippen molar-refractivity contribution in [2.45, 2.75) is 12.6 Å². The third-order valence-electron chi connectivity index (χ3n) is 5.07. The van der Waals surface area contributed by atoms with Gasteiger partial charge < -0.3 is 14.4 Å². The molecule has 0 radical (unpaired) electrons. The molecule has 180 valence electrons. The van der Waals surface area contributed by atoms with Crippen LogP contribution in [0.5, 0.6) is 5.75 Å². The van der Waals surface area contributed by atoms with E-state index >= 15 is 0 Å². The number of fused-ring (bicyclic) bond motifs is 1. The Morgan fingerprint density at radius 2 is 1.94 bits per heavy atom. The van der Waals surface area contributed by atoms with Crippen LogP contribution < -0.4 is 21.4 Å². The monoisotopic (exact) mass is 538 g/mol. The number of halogens is 1. The van der Waals surface area contributed by atoms with E-state index < -0.39 is 17.4 Å². The minimum atomic E-state index is -0.977. The van der Waals surface area contributed by atoms with Crippen LogP contribution in [0.25, 0.3) is 17.2 Å². The predicted octanol–water partition coefficient (Wildman–Crippen LogP) is 2.74. The van der Waals surface area contributed by atoms with Crippen LogP contribution in [0.15, 0.2) is 79.8 Å². The summed E-state index contributed by atoms with van der Waals surface area (Å²) in [7, 11) is 1.50. The number of aromatic amines is 1. The highest BCUT2D eigenvalue weighted by atomic mass is 79.9. The van der Waals surface area contributed by atoms with Gasteiger partial charge in [0.25, 0.3) is 5.56 Å². The normalized spacial score (nSPS) is 12.5. The molecule has 4 rings (SSSR count). The van der Waals surface area contributed by atoms with Crippen molar-refractivity contribution >= 4 is 45.3 Å². The molecule has 0 amide bonds. The van der Waals surface area contributed by atoms with Crippen molar-refractivity contribution in [3.63, 3.8) is 0 Å². The summed E-state index contributed by atoms with van der Waals surface area (Å²) in [4.78, 5) is 31.3. The van der Waals surface area contributed by atoms with Crippen LogP contribution in [0.2, 0.25) is 0 Å². The second kappa shape index (κ2) is 11.0. The number of imidazole rings is 1. The number of aliphatic hydroxyl groups is 1. The molecule has 2 heterocycles. The van der Waals surface area contributed by atoms with Gasteiger partial charge in [-0.25, -0.2) is 10.2 Å². The lowest BCUT2D eigenvalue weighted by Crippen LogP contribution is -2.30. The first kappa shape index (κ1) is 24.2. The fourth-order valence-electron chi connectivity index (χ4n) is 3.34. The summed E-state index contributed by atoms with van der Waals surface area (Å²) in [6.45, 7) is -0.0421. The molecule has 0 spiro atoms. The average Bonchev–Trinajstić information content (AvgIpc) is 3.21. The first-order valence-corrected chi connectivity index (χ1v) is 11.5.